The maximum Gasteiger partial charge on any atom is 0.287 e. The summed E-state index contributed by atoms with van der Waals surface area (Å²) in [5.41, 5.74) is 5.56. The number of nitrogens with zero attached hydrogens (tertiary/aromatic N) is 2. The van der Waals surface area contributed by atoms with E-state index < -0.39 is 0 Å². The zero-order valence-electron chi connectivity index (χ0n) is 15.8. The van der Waals surface area contributed by atoms with E-state index in [2.05, 4.69) is 10.5 Å². The van der Waals surface area contributed by atoms with Gasteiger partial charge in [-0.25, -0.2) is 5.43 Å². The van der Waals surface area contributed by atoms with Gasteiger partial charge in [-0.15, -0.1) is 0 Å². The van der Waals surface area contributed by atoms with E-state index in [1.807, 2.05) is 36.5 Å². The maximum atomic E-state index is 12.5. The summed E-state index contributed by atoms with van der Waals surface area (Å²) in [5.74, 6) is 1.09. The van der Waals surface area contributed by atoms with E-state index in [1.165, 1.54) is 0 Å². The van der Waals surface area contributed by atoms with Crippen LogP contribution in [0, 0.1) is 0 Å². The molecule has 0 spiro atoms. The molecule has 0 bridgehead atoms. The highest BCUT2D eigenvalue weighted by Crippen LogP contribution is 2.33. The molecule has 1 aromatic heterocycles. The number of carbonyl (C=O) groups is 1. The van der Waals surface area contributed by atoms with Crippen LogP contribution >= 0.6 is 11.6 Å². The van der Waals surface area contributed by atoms with Gasteiger partial charge in [0.1, 0.15) is 17.2 Å². The second kappa shape index (κ2) is 8.63. The summed E-state index contributed by atoms with van der Waals surface area (Å²) in [6, 6.07) is 14.5. The molecule has 0 aliphatic heterocycles. The lowest BCUT2D eigenvalue weighted by Crippen LogP contribution is -2.20. The molecule has 7 heteroatoms. The van der Waals surface area contributed by atoms with Gasteiger partial charge in [0.2, 0.25) is 0 Å². The molecule has 0 fully saturated rings. The van der Waals surface area contributed by atoms with Crippen molar-refractivity contribution in [2.75, 3.05) is 14.2 Å². The Morgan fingerprint density at radius 1 is 1.11 bits per heavy atom. The molecular formula is C21H20ClN3O3. The Hall–Kier alpha value is -3.25. The quantitative estimate of drug-likeness (QED) is 0.502. The van der Waals surface area contributed by atoms with Crippen molar-refractivity contribution in [3.05, 3.63) is 71.0 Å². The highest BCUT2D eigenvalue weighted by atomic mass is 35.5. The van der Waals surface area contributed by atoms with Crippen LogP contribution in [0.2, 0.25) is 5.02 Å². The molecular weight excluding hydrogens is 378 g/mol. The van der Waals surface area contributed by atoms with E-state index in [4.69, 9.17) is 21.1 Å². The maximum absolute atomic E-state index is 12.5. The third-order valence-corrected chi connectivity index (χ3v) is 4.44. The minimum absolute atomic E-state index is 0.313. The average Bonchev–Trinajstić information content (AvgIpc) is 3.09. The van der Waals surface area contributed by atoms with Crippen LogP contribution in [0.4, 0.5) is 0 Å². The van der Waals surface area contributed by atoms with Crippen LogP contribution in [-0.4, -0.2) is 30.9 Å². The van der Waals surface area contributed by atoms with Crippen molar-refractivity contribution in [2.24, 2.45) is 12.1 Å². The molecule has 1 amide bonds. The molecule has 0 radical (unpaired) electrons. The van der Waals surface area contributed by atoms with Gasteiger partial charge in [-0.3, -0.25) is 4.79 Å². The van der Waals surface area contributed by atoms with Crippen LogP contribution in [0.25, 0.3) is 11.1 Å². The van der Waals surface area contributed by atoms with Gasteiger partial charge >= 0.3 is 0 Å². The Morgan fingerprint density at radius 3 is 2.54 bits per heavy atom. The zero-order valence-corrected chi connectivity index (χ0v) is 16.5. The number of aryl methyl sites for hydroxylation is 1. The first kappa shape index (κ1) is 19.5. The summed E-state index contributed by atoms with van der Waals surface area (Å²) in [5, 5.41) is 4.61. The number of rotatable bonds is 6. The van der Waals surface area contributed by atoms with Crippen LogP contribution in [0.1, 0.15) is 16.1 Å². The van der Waals surface area contributed by atoms with E-state index in [9.17, 15) is 4.79 Å². The second-order valence-corrected chi connectivity index (χ2v) is 6.48. The minimum atomic E-state index is -0.313. The summed E-state index contributed by atoms with van der Waals surface area (Å²) < 4.78 is 12.2. The van der Waals surface area contributed by atoms with Crippen LogP contribution < -0.4 is 14.9 Å². The standard InChI is InChI=1S/C21H20ClN3O3/c1-25-13-15(18-9-6-16(22)11-20(18)28-3)10-19(25)21(26)24-23-12-14-4-7-17(27-2)8-5-14/h4-13H,1-3H3,(H,24,26). The van der Waals surface area contributed by atoms with E-state index in [0.717, 1.165) is 22.4 Å². The van der Waals surface area contributed by atoms with Gasteiger partial charge in [-0.1, -0.05) is 11.6 Å². The Morgan fingerprint density at radius 2 is 1.86 bits per heavy atom. The van der Waals surface area contributed by atoms with Crippen LogP contribution in [0.15, 0.2) is 59.8 Å². The number of hydrogen-bond donors (Lipinski definition) is 1. The SMILES string of the molecule is COc1ccc(C=NNC(=O)c2cc(-c3ccc(Cl)cc3OC)cn2C)cc1. The summed E-state index contributed by atoms with van der Waals surface area (Å²) in [6.07, 6.45) is 3.43. The zero-order chi connectivity index (χ0) is 20.1. The van der Waals surface area contributed by atoms with E-state index >= 15 is 0 Å². The molecule has 2 aromatic carbocycles. The normalized spacial score (nSPS) is 10.9. The van der Waals surface area contributed by atoms with Gasteiger partial charge in [0, 0.05) is 29.4 Å². The number of ether oxygens (including phenoxy) is 2. The lowest BCUT2D eigenvalue weighted by Gasteiger charge is -2.06. The lowest BCUT2D eigenvalue weighted by molar-refractivity contribution is 0.0947. The van der Waals surface area contributed by atoms with E-state index in [0.29, 0.717) is 16.5 Å². The number of carbonyl (C=O) groups excluding carboxylic acids is 1. The monoisotopic (exact) mass is 397 g/mol. The minimum Gasteiger partial charge on any atom is -0.497 e. The summed E-state index contributed by atoms with van der Waals surface area (Å²) >= 11 is 6.02. The number of nitrogens with one attached hydrogen (secondary N) is 1. The smallest absolute Gasteiger partial charge is 0.287 e. The van der Waals surface area contributed by atoms with Gasteiger partial charge in [-0.2, -0.15) is 5.10 Å². The topological polar surface area (TPSA) is 64.8 Å². The number of benzene rings is 2. The third kappa shape index (κ3) is 4.35. The molecule has 6 nitrogen and oxygen atoms in total. The highest BCUT2D eigenvalue weighted by molar-refractivity contribution is 6.30. The molecule has 0 aliphatic rings. The highest BCUT2D eigenvalue weighted by Gasteiger charge is 2.15. The van der Waals surface area contributed by atoms with Crippen molar-refractivity contribution >= 4 is 23.7 Å². The van der Waals surface area contributed by atoms with Gasteiger partial charge in [0.15, 0.2) is 0 Å². The average molecular weight is 398 g/mol. The Balaban J connectivity index is 1.75. The largest absolute Gasteiger partial charge is 0.497 e. The molecule has 0 atom stereocenters. The van der Waals surface area contributed by atoms with Gasteiger partial charge in [0.05, 0.1) is 20.4 Å². The first-order valence-corrected chi connectivity index (χ1v) is 8.87. The van der Waals surface area contributed by atoms with Crippen LogP contribution in [0.5, 0.6) is 11.5 Å². The van der Waals surface area contributed by atoms with Crippen molar-refractivity contribution in [3.63, 3.8) is 0 Å². The Bertz CT molecular complexity index is 1010. The Labute approximate surface area is 168 Å². The molecule has 3 rings (SSSR count). The van der Waals surface area contributed by atoms with Crippen LogP contribution in [-0.2, 0) is 7.05 Å². The number of hydrogen-bond acceptors (Lipinski definition) is 4. The second-order valence-electron chi connectivity index (χ2n) is 6.04. The summed E-state index contributed by atoms with van der Waals surface area (Å²) in [6.45, 7) is 0. The molecule has 3 aromatic rings. The predicted molar refractivity (Wildman–Crippen MR) is 110 cm³/mol. The molecule has 1 N–H and O–H groups in total. The fourth-order valence-electron chi connectivity index (χ4n) is 2.75. The van der Waals surface area contributed by atoms with Crippen molar-refractivity contribution < 1.29 is 14.3 Å². The third-order valence-electron chi connectivity index (χ3n) is 4.21. The summed E-state index contributed by atoms with van der Waals surface area (Å²) in [7, 11) is 4.99. The van der Waals surface area contributed by atoms with Crippen molar-refractivity contribution in [1.82, 2.24) is 9.99 Å². The fourth-order valence-corrected chi connectivity index (χ4v) is 2.92. The molecule has 1 heterocycles. The molecule has 28 heavy (non-hydrogen) atoms. The number of halogens is 1. The number of methoxy groups -OCH3 is 2. The van der Waals surface area contributed by atoms with Crippen LogP contribution in [0.3, 0.4) is 0 Å². The molecule has 0 saturated heterocycles. The molecule has 0 unspecified atom stereocenters. The predicted octanol–water partition coefficient (Wildman–Crippen LogP) is 4.13. The van der Waals surface area contributed by atoms with E-state index in [-0.39, 0.29) is 5.91 Å². The molecule has 0 saturated carbocycles. The van der Waals surface area contributed by atoms with E-state index in [1.54, 1.807) is 50.2 Å². The molecule has 144 valence electrons. The Kier molecular flexibility index (Phi) is 6.01. The summed E-state index contributed by atoms with van der Waals surface area (Å²) in [4.78, 5) is 12.5. The number of hydrazone groups is 1. The first-order chi connectivity index (χ1) is 13.5. The molecule has 0 aliphatic carbocycles. The first-order valence-electron chi connectivity index (χ1n) is 8.49. The van der Waals surface area contributed by atoms with Gasteiger partial charge in [-0.05, 0) is 54.1 Å². The number of amides is 1. The number of aromatic nitrogens is 1. The lowest BCUT2D eigenvalue weighted by atomic mass is 10.1. The van der Waals surface area contributed by atoms with Crippen molar-refractivity contribution in [2.45, 2.75) is 0 Å². The van der Waals surface area contributed by atoms with Gasteiger partial charge in [0.25, 0.3) is 5.91 Å². The van der Waals surface area contributed by atoms with Crippen molar-refractivity contribution in [3.8, 4) is 22.6 Å². The van der Waals surface area contributed by atoms with Crippen molar-refractivity contribution in [1.29, 1.82) is 0 Å². The fraction of sp³-hybridized carbons (Fsp3) is 0.143. The van der Waals surface area contributed by atoms with Gasteiger partial charge < -0.3 is 14.0 Å².